The van der Waals surface area contributed by atoms with Gasteiger partial charge in [0.15, 0.2) is 0 Å². The van der Waals surface area contributed by atoms with Gasteiger partial charge in [-0.15, -0.1) is 0 Å². The first-order valence-corrected chi connectivity index (χ1v) is 5.16. The van der Waals surface area contributed by atoms with Crippen molar-refractivity contribution in [3.8, 4) is 0 Å². The lowest BCUT2D eigenvalue weighted by Gasteiger charge is -2.23. The summed E-state index contributed by atoms with van der Waals surface area (Å²) in [4.78, 5) is 3.67. The molecule has 0 radical (unpaired) electrons. The summed E-state index contributed by atoms with van der Waals surface area (Å²) in [6, 6.07) is 0. The fourth-order valence-electron chi connectivity index (χ4n) is 1.02. The second-order valence-corrected chi connectivity index (χ2v) is 3.63. The Morgan fingerprint density at radius 2 is 1.65 bits per heavy atom. The molecule has 102 valence electrons. The first kappa shape index (κ1) is 16.4. The third kappa shape index (κ3) is 6.64. The molecule has 0 saturated carbocycles. The van der Waals surface area contributed by atoms with Crippen LogP contribution in [0.2, 0.25) is 0 Å². The molecule has 0 aliphatic heterocycles. The molecule has 0 spiro atoms. The van der Waals surface area contributed by atoms with E-state index in [1.165, 1.54) is 0 Å². The molecule has 0 aliphatic carbocycles. The summed E-state index contributed by atoms with van der Waals surface area (Å²) in [7, 11) is 0. The number of hydrogen-bond donors (Lipinski definition) is 7. The van der Waals surface area contributed by atoms with Crippen LogP contribution in [0.4, 0.5) is 0 Å². The normalized spacial score (nSPS) is 21.1. The Balaban J connectivity index is 4.07. The number of aliphatic hydroxyl groups excluding tert-OH is 6. The minimum absolute atomic E-state index is 0.153. The summed E-state index contributed by atoms with van der Waals surface area (Å²) in [6.45, 7) is -0.582. The predicted octanol–water partition coefficient (Wildman–Crippen LogP) is -3.84. The molecule has 0 bridgehead atoms. The zero-order valence-corrected chi connectivity index (χ0v) is 9.29. The van der Waals surface area contributed by atoms with Crippen LogP contribution in [-0.2, 0) is 0 Å². The topological polar surface area (TPSA) is 160 Å². The Kier molecular flexibility index (Phi) is 8.17. The second kappa shape index (κ2) is 8.48. The maximum Gasteiger partial charge on any atom is 0.117 e. The van der Waals surface area contributed by atoms with Crippen LogP contribution in [0.15, 0.2) is 4.99 Å². The quantitative estimate of drug-likeness (QED) is 0.172. The summed E-state index contributed by atoms with van der Waals surface area (Å²) in [6.07, 6.45) is -6.21. The van der Waals surface area contributed by atoms with Crippen molar-refractivity contribution in [2.24, 2.45) is 10.7 Å². The van der Waals surface area contributed by atoms with Crippen LogP contribution in [0.3, 0.4) is 0 Å². The van der Waals surface area contributed by atoms with Crippen LogP contribution < -0.4 is 5.73 Å². The van der Waals surface area contributed by atoms with Gasteiger partial charge in [0.1, 0.15) is 30.6 Å². The van der Waals surface area contributed by atoms with Gasteiger partial charge >= 0.3 is 0 Å². The van der Waals surface area contributed by atoms with Gasteiger partial charge in [-0.3, -0.25) is 4.99 Å². The van der Waals surface area contributed by atoms with E-state index < -0.39 is 37.3 Å². The average molecular weight is 252 g/mol. The average Bonchev–Trinajstić information content (AvgIpc) is 2.31. The minimum Gasteiger partial charge on any atom is -0.394 e. The van der Waals surface area contributed by atoms with Crippen molar-refractivity contribution in [3.05, 3.63) is 0 Å². The highest BCUT2D eigenvalue weighted by Crippen LogP contribution is 2.03. The minimum atomic E-state index is -1.68. The smallest absolute Gasteiger partial charge is 0.117 e. The summed E-state index contributed by atoms with van der Waals surface area (Å²) in [5.74, 6) is 0. The van der Waals surface area contributed by atoms with E-state index in [4.69, 9.17) is 21.1 Å². The van der Waals surface area contributed by atoms with Gasteiger partial charge in [0.05, 0.1) is 6.61 Å². The molecule has 0 aliphatic rings. The number of nitrogens with two attached hydrogens (primary N) is 1. The lowest BCUT2D eigenvalue weighted by molar-refractivity contribution is -0.0999. The van der Waals surface area contributed by atoms with Gasteiger partial charge in [0, 0.05) is 19.2 Å². The van der Waals surface area contributed by atoms with Gasteiger partial charge in [0.2, 0.25) is 0 Å². The Labute approximate surface area is 98.7 Å². The molecule has 8 N–H and O–H groups in total. The summed E-state index contributed by atoms with van der Waals surface area (Å²) >= 11 is 0. The summed E-state index contributed by atoms with van der Waals surface area (Å²) in [5, 5.41) is 54.2. The number of nitrogens with zero attached hydrogens (tertiary/aromatic N) is 1. The fourth-order valence-corrected chi connectivity index (χ4v) is 1.02. The van der Waals surface area contributed by atoms with Gasteiger partial charge in [-0.25, -0.2) is 0 Å². The van der Waals surface area contributed by atoms with Crippen molar-refractivity contribution in [3.63, 3.8) is 0 Å². The van der Waals surface area contributed by atoms with E-state index in [1.807, 2.05) is 0 Å². The Morgan fingerprint density at radius 3 is 2.12 bits per heavy atom. The Bertz CT molecular complexity index is 226. The van der Waals surface area contributed by atoms with E-state index in [-0.39, 0.29) is 13.0 Å². The fraction of sp³-hybridized carbons (Fsp3) is 0.889. The Morgan fingerprint density at radius 1 is 1.06 bits per heavy atom. The Hall–Kier alpha value is -0.610. The predicted molar refractivity (Wildman–Crippen MR) is 59.3 cm³/mol. The van der Waals surface area contributed by atoms with Gasteiger partial charge in [0.25, 0.3) is 0 Å². The van der Waals surface area contributed by atoms with Crippen molar-refractivity contribution in [2.45, 2.75) is 37.1 Å². The molecule has 0 heterocycles. The number of aliphatic imine (C=N–C) groups is 1. The van der Waals surface area contributed by atoms with Crippen molar-refractivity contribution >= 4 is 6.21 Å². The molecule has 8 heteroatoms. The molecule has 0 saturated heterocycles. The molecule has 0 aromatic rings. The largest absolute Gasteiger partial charge is 0.394 e. The van der Waals surface area contributed by atoms with Gasteiger partial charge in [-0.2, -0.15) is 0 Å². The highest BCUT2D eigenvalue weighted by atomic mass is 16.4. The first-order valence-electron chi connectivity index (χ1n) is 5.16. The van der Waals surface area contributed by atoms with Crippen molar-refractivity contribution in [2.75, 3.05) is 13.2 Å². The molecule has 0 amide bonds. The third-order valence-electron chi connectivity index (χ3n) is 2.09. The molecule has 5 atom stereocenters. The van der Waals surface area contributed by atoms with E-state index >= 15 is 0 Å². The van der Waals surface area contributed by atoms with Crippen LogP contribution in [-0.4, -0.2) is 80.6 Å². The molecule has 0 aromatic carbocycles. The lowest BCUT2D eigenvalue weighted by atomic mass is 10.0. The standard InChI is InChI=1S/C9H20N2O6/c10-7(15)1-2-11-3-5(13)8(16)9(17)6(14)4-12/h3,5-9,12-17H,1-2,4,10H2/b11-3+. The molecular weight excluding hydrogens is 232 g/mol. The van der Waals surface area contributed by atoms with Gasteiger partial charge in [-0.1, -0.05) is 0 Å². The van der Waals surface area contributed by atoms with Crippen molar-refractivity contribution < 1.29 is 30.6 Å². The van der Waals surface area contributed by atoms with Gasteiger partial charge < -0.3 is 36.4 Å². The number of hydrogen-bond acceptors (Lipinski definition) is 8. The van der Waals surface area contributed by atoms with E-state index in [0.29, 0.717) is 0 Å². The molecule has 5 unspecified atom stereocenters. The number of rotatable bonds is 8. The molecule has 0 rings (SSSR count). The zero-order valence-electron chi connectivity index (χ0n) is 9.29. The van der Waals surface area contributed by atoms with Gasteiger partial charge in [-0.05, 0) is 0 Å². The zero-order chi connectivity index (χ0) is 13.4. The van der Waals surface area contributed by atoms with E-state index in [0.717, 1.165) is 6.21 Å². The van der Waals surface area contributed by atoms with E-state index in [2.05, 4.69) is 4.99 Å². The maximum atomic E-state index is 9.36. The second-order valence-electron chi connectivity index (χ2n) is 3.63. The van der Waals surface area contributed by atoms with Crippen LogP contribution in [0.5, 0.6) is 0 Å². The van der Waals surface area contributed by atoms with Crippen LogP contribution in [0, 0.1) is 0 Å². The van der Waals surface area contributed by atoms with Crippen molar-refractivity contribution in [1.29, 1.82) is 0 Å². The highest BCUT2D eigenvalue weighted by molar-refractivity contribution is 5.63. The van der Waals surface area contributed by atoms with Crippen LogP contribution in [0.1, 0.15) is 6.42 Å². The maximum absolute atomic E-state index is 9.36. The van der Waals surface area contributed by atoms with Crippen molar-refractivity contribution in [1.82, 2.24) is 0 Å². The van der Waals surface area contributed by atoms with E-state index in [1.54, 1.807) is 0 Å². The third-order valence-corrected chi connectivity index (χ3v) is 2.09. The highest BCUT2D eigenvalue weighted by Gasteiger charge is 2.28. The molecular formula is C9H20N2O6. The molecule has 17 heavy (non-hydrogen) atoms. The molecule has 8 nitrogen and oxygen atoms in total. The van der Waals surface area contributed by atoms with Crippen LogP contribution >= 0.6 is 0 Å². The van der Waals surface area contributed by atoms with E-state index in [9.17, 15) is 15.3 Å². The lowest BCUT2D eigenvalue weighted by Crippen LogP contribution is -2.46. The number of aliphatic hydroxyl groups is 6. The van der Waals surface area contributed by atoms with Crippen LogP contribution in [0.25, 0.3) is 0 Å². The molecule has 0 fully saturated rings. The summed E-state index contributed by atoms with van der Waals surface area (Å²) < 4.78 is 0. The SMILES string of the molecule is NC(O)CC/N=C/C(O)C(O)C(O)C(O)CO. The molecule has 0 aromatic heterocycles. The monoisotopic (exact) mass is 252 g/mol. The first-order chi connectivity index (χ1) is 7.90. The summed E-state index contributed by atoms with van der Waals surface area (Å²) in [5.41, 5.74) is 5.04.